The van der Waals surface area contributed by atoms with Gasteiger partial charge in [-0.1, -0.05) is 0 Å². The van der Waals surface area contributed by atoms with Gasteiger partial charge in [0.25, 0.3) is 0 Å². The molecule has 1 saturated heterocycles. The molecule has 0 aromatic carbocycles. The lowest BCUT2D eigenvalue weighted by Gasteiger charge is -2.12. The Morgan fingerprint density at radius 3 is 3.25 bits per heavy atom. The highest BCUT2D eigenvalue weighted by Crippen LogP contribution is 2.24. The van der Waals surface area contributed by atoms with Crippen molar-refractivity contribution in [2.75, 3.05) is 23.4 Å². The quantitative estimate of drug-likeness (QED) is 0.839. The van der Waals surface area contributed by atoms with E-state index in [1.807, 2.05) is 11.8 Å². The Hall–Kier alpha value is -1.23. The molecule has 1 aromatic rings. The van der Waals surface area contributed by atoms with E-state index in [4.69, 9.17) is 5.11 Å². The third-order valence-electron chi connectivity index (χ3n) is 2.66. The van der Waals surface area contributed by atoms with Crippen molar-refractivity contribution < 1.29 is 9.90 Å². The van der Waals surface area contributed by atoms with Gasteiger partial charge in [-0.05, 0) is 29.9 Å². The number of aromatic nitrogens is 1. The summed E-state index contributed by atoms with van der Waals surface area (Å²) in [5.41, 5.74) is 0.910. The molecule has 2 rings (SSSR count). The normalized spacial score (nSPS) is 19.6. The minimum atomic E-state index is -0.934. The number of nitrogens with zero attached hydrogens (tertiary/aromatic N) is 1. The van der Waals surface area contributed by atoms with Gasteiger partial charge < -0.3 is 10.4 Å². The van der Waals surface area contributed by atoms with E-state index in [0.29, 0.717) is 11.6 Å². The Labute approximate surface area is 98.5 Å². The molecule has 1 fully saturated rings. The summed E-state index contributed by atoms with van der Waals surface area (Å²) in [6.07, 6.45) is 4.21. The number of pyridine rings is 1. The average molecular weight is 238 g/mol. The fourth-order valence-electron chi connectivity index (χ4n) is 1.72. The predicted molar refractivity (Wildman–Crippen MR) is 65.1 cm³/mol. The van der Waals surface area contributed by atoms with Crippen LogP contribution in [0.1, 0.15) is 16.8 Å². The third kappa shape index (κ3) is 2.66. The average Bonchev–Trinajstić information content (AvgIpc) is 2.79. The van der Waals surface area contributed by atoms with Crippen molar-refractivity contribution in [1.29, 1.82) is 0 Å². The number of carbonyl (C=O) groups is 1. The molecule has 16 heavy (non-hydrogen) atoms. The second-order valence-corrected chi connectivity index (χ2v) is 4.99. The molecule has 0 saturated carbocycles. The summed E-state index contributed by atoms with van der Waals surface area (Å²) < 4.78 is 0. The first-order valence-corrected chi connectivity index (χ1v) is 6.42. The Bertz CT molecular complexity index is 378. The van der Waals surface area contributed by atoms with Crippen LogP contribution in [-0.2, 0) is 0 Å². The van der Waals surface area contributed by atoms with Crippen LogP contribution in [0.4, 0.5) is 5.69 Å². The molecule has 2 N–H and O–H groups in total. The summed E-state index contributed by atoms with van der Waals surface area (Å²) in [6.45, 7) is 0.845. The van der Waals surface area contributed by atoms with Crippen LogP contribution in [0.2, 0.25) is 0 Å². The van der Waals surface area contributed by atoms with Crippen molar-refractivity contribution in [1.82, 2.24) is 4.98 Å². The van der Waals surface area contributed by atoms with Gasteiger partial charge in [-0.2, -0.15) is 11.8 Å². The Morgan fingerprint density at radius 1 is 1.69 bits per heavy atom. The lowest BCUT2D eigenvalue weighted by molar-refractivity contribution is 0.0697. The monoisotopic (exact) mass is 238 g/mol. The highest BCUT2D eigenvalue weighted by molar-refractivity contribution is 7.99. The van der Waals surface area contributed by atoms with Gasteiger partial charge in [0, 0.05) is 18.9 Å². The predicted octanol–water partition coefficient (Wildman–Crippen LogP) is 1.94. The highest BCUT2D eigenvalue weighted by atomic mass is 32.2. The number of thioether (sulfide) groups is 1. The van der Waals surface area contributed by atoms with Crippen LogP contribution in [-0.4, -0.2) is 34.1 Å². The van der Waals surface area contributed by atoms with Crippen LogP contribution in [0.15, 0.2) is 18.5 Å². The summed E-state index contributed by atoms with van der Waals surface area (Å²) in [6, 6.07) is 1.71. The number of nitrogens with one attached hydrogen (secondary N) is 1. The summed E-state index contributed by atoms with van der Waals surface area (Å²) >= 11 is 1.96. The molecule has 0 aliphatic carbocycles. The molecule has 1 aliphatic heterocycles. The minimum absolute atomic E-state index is 0.244. The minimum Gasteiger partial charge on any atom is -0.478 e. The van der Waals surface area contributed by atoms with Gasteiger partial charge in [0.2, 0.25) is 0 Å². The van der Waals surface area contributed by atoms with E-state index >= 15 is 0 Å². The van der Waals surface area contributed by atoms with Gasteiger partial charge in [-0.25, -0.2) is 4.79 Å². The van der Waals surface area contributed by atoms with E-state index in [9.17, 15) is 4.79 Å². The second kappa shape index (κ2) is 5.21. The molecule has 5 heteroatoms. The fraction of sp³-hybridized carbons (Fsp3) is 0.455. The summed E-state index contributed by atoms with van der Waals surface area (Å²) in [7, 11) is 0. The van der Waals surface area contributed by atoms with Crippen molar-refractivity contribution in [2.24, 2.45) is 5.92 Å². The maximum absolute atomic E-state index is 10.9. The molecule has 1 atom stereocenters. The molecule has 2 heterocycles. The maximum atomic E-state index is 10.9. The molecule has 1 unspecified atom stereocenters. The van der Waals surface area contributed by atoms with Crippen molar-refractivity contribution >= 4 is 23.4 Å². The zero-order valence-electron chi connectivity index (χ0n) is 8.85. The molecule has 1 aromatic heterocycles. The van der Waals surface area contributed by atoms with Gasteiger partial charge in [-0.3, -0.25) is 4.98 Å². The third-order valence-corrected chi connectivity index (χ3v) is 3.89. The smallest absolute Gasteiger partial charge is 0.339 e. The van der Waals surface area contributed by atoms with Crippen LogP contribution in [0.3, 0.4) is 0 Å². The number of rotatable bonds is 4. The van der Waals surface area contributed by atoms with Crippen LogP contribution < -0.4 is 5.32 Å². The van der Waals surface area contributed by atoms with E-state index in [-0.39, 0.29) is 5.56 Å². The zero-order chi connectivity index (χ0) is 11.4. The highest BCUT2D eigenvalue weighted by Gasteiger charge is 2.16. The van der Waals surface area contributed by atoms with Gasteiger partial charge in [0.05, 0.1) is 5.69 Å². The largest absolute Gasteiger partial charge is 0.478 e. The number of hydrogen-bond acceptors (Lipinski definition) is 4. The number of anilines is 1. The first kappa shape index (κ1) is 11.3. The van der Waals surface area contributed by atoms with Crippen LogP contribution >= 0.6 is 11.8 Å². The Morgan fingerprint density at radius 2 is 2.56 bits per heavy atom. The van der Waals surface area contributed by atoms with Crippen molar-refractivity contribution in [3.05, 3.63) is 24.0 Å². The van der Waals surface area contributed by atoms with Gasteiger partial charge in [0.1, 0.15) is 5.56 Å². The number of carboxylic acid groups (broad SMARTS) is 1. The molecule has 0 amide bonds. The molecule has 86 valence electrons. The Kier molecular flexibility index (Phi) is 3.66. The van der Waals surface area contributed by atoms with Crippen molar-refractivity contribution in [3.63, 3.8) is 0 Å². The summed E-state index contributed by atoms with van der Waals surface area (Å²) in [4.78, 5) is 14.8. The van der Waals surface area contributed by atoms with Crippen LogP contribution in [0.5, 0.6) is 0 Å². The van der Waals surface area contributed by atoms with Crippen molar-refractivity contribution in [2.45, 2.75) is 6.42 Å². The molecule has 0 bridgehead atoms. The SMILES string of the molecule is O=C(O)c1cnccc1NCC1CCSC1. The number of carboxylic acids is 1. The van der Waals surface area contributed by atoms with Crippen molar-refractivity contribution in [3.8, 4) is 0 Å². The van der Waals surface area contributed by atoms with Crippen LogP contribution in [0.25, 0.3) is 0 Å². The Balaban J connectivity index is 2.00. The fourth-order valence-corrected chi connectivity index (χ4v) is 3.00. The molecular weight excluding hydrogens is 224 g/mol. The summed E-state index contributed by atoms with van der Waals surface area (Å²) in [5, 5.41) is 12.2. The first-order valence-electron chi connectivity index (χ1n) is 5.26. The van der Waals surface area contributed by atoms with E-state index in [0.717, 1.165) is 6.54 Å². The van der Waals surface area contributed by atoms with Gasteiger partial charge >= 0.3 is 5.97 Å². The molecule has 0 radical (unpaired) electrons. The van der Waals surface area contributed by atoms with E-state index in [1.165, 1.54) is 24.1 Å². The second-order valence-electron chi connectivity index (χ2n) is 3.84. The van der Waals surface area contributed by atoms with Gasteiger partial charge in [0.15, 0.2) is 0 Å². The summed E-state index contributed by atoms with van der Waals surface area (Å²) in [5.74, 6) is 2.10. The lowest BCUT2D eigenvalue weighted by Crippen LogP contribution is -2.15. The molecule has 1 aliphatic rings. The first-order chi connectivity index (χ1) is 7.77. The maximum Gasteiger partial charge on any atom is 0.339 e. The molecular formula is C11H14N2O2S. The molecule has 4 nitrogen and oxygen atoms in total. The number of hydrogen-bond donors (Lipinski definition) is 2. The van der Waals surface area contributed by atoms with E-state index in [2.05, 4.69) is 10.3 Å². The zero-order valence-corrected chi connectivity index (χ0v) is 9.67. The standard InChI is InChI=1S/C11H14N2O2S/c14-11(15)9-6-12-3-1-10(9)13-5-8-2-4-16-7-8/h1,3,6,8H,2,4-5,7H2,(H,12,13)(H,14,15). The van der Waals surface area contributed by atoms with Gasteiger partial charge in [-0.15, -0.1) is 0 Å². The van der Waals surface area contributed by atoms with Crippen LogP contribution in [0, 0.1) is 5.92 Å². The molecule has 0 spiro atoms. The van der Waals surface area contributed by atoms with E-state index in [1.54, 1.807) is 12.3 Å². The lowest BCUT2D eigenvalue weighted by atomic mass is 10.1. The van der Waals surface area contributed by atoms with E-state index < -0.39 is 5.97 Å². The number of aromatic carboxylic acids is 1. The topological polar surface area (TPSA) is 62.2 Å².